The SMILES string of the molecule is C[C@@H]1CN(C(=S)c2ccc(Cl)cc2)C[C@@H](C)O1. The number of benzene rings is 1. The van der Waals surface area contributed by atoms with Crippen molar-refractivity contribution in [1.82, 2.24) is 4.90 Å². The number of nitrogens with zero attached hydrogens (tertiary/aromatic N) is 1. The topological polar surface area (TPSA) is 12.5 Å². The largest absolute Gasteiger partial charge is 0.372 e. The highest BCUT2D eigenvalue weighted by molar-refractivity contribution is 7.80. The van der Waals surface area contributed by atoms with Gasteiger partial charge in [-0.25, -0.2) is 0 Å². The van der Waals surface area contributed by atoms with Crippen LogP contribution in [0.3, 0.4) is 0 Å². The number of morpholine rings is 1. The smallest absolute Gasteiger partial charge is 0.109 e. The summed E-state index contributed by atoms with van der Waals surface area (Å²) < 4.78 is 5.70. The Morgan fingerprint density at radius 2 is 1.76 bits per heavy atom. The van der Waals surface area contributed by atoms with Gasteiger partial charge in [-0.05, 0) is 26.0 Å². The third-order valence-electron chi connectivity index (χ3n) is 2.80. The van der Waals surface area contributed by atoms with Crippen molar-refractivity contribution in [1.29, 1.82) is 0 Å². The molecule has 1 aromatic carbocycles. The molecule has 0 aromatic heterocycles. The van der Waals surface area contributed by atoms with Gasteiger partial charge in [0, 0.05) is 23.7 Å². The fraction of sp³-hybridized carbons (Fsp3) is 0.462. The lowest BCUT2D eigenvalue weighted by Crippen LogP contribution is -2.47. The molecule has 1 heterocycles. The molecule has 1 aromatic rings. The third kappa shape index (κ3) is 3.18. The van der Waals surface area contributed by atoms with Gasteiger partial charge in [0.15, 0.2) is 0 Å². The maximum Gasteiger partial charge on any atom is 0.109 e. The van der Waals surface area contributed by atoms with Gasteiger partial charge in [-0.15, -0.1) is 0 Å². The summed E-state index contributed by atoms with van der Waals surface area (Å²) >= 11 is 11.4. The molecule has 2 rings (SSSR count). The summed E-state index contributed by atoms with van der Waals surface area (Å²) in [5.41, 5.74) is 1.05. The van der Waals surface area contributed by atoms with Crippen LogP contribution < -0.4 is 0 Å². The third-order valence-corrected chi connectivity index (χ3v) is 3.54. The summed E-state index contributed by atoms with van der Waals surface area (Å²) in [6.07, 6.45) is 0.452. The van der Waals surface area contributed by atoms with E-state index in [4.69, 9.17) is 28.6 Å². The van der Waals surface area contributed by atoms with E-state index in [0.717, 1.165) is 28.7 Å². The first-order valence-corrected chi connectivity index (χ1v) is 6.55. The van der Waals surface area contributed by atoms with Crippen molar-refractivity contribution in [2.24, 2.45) is 0 Å². The minimum absolute atomic E-state index is 0.226. The second-order valence-electron chi connectivity index (χ2n) is 4.47. The average molecular weight is 270 g/mol. The molecule has 0 unspecified atom stereocenters. The molecular weight excluding hydrogens is 254 g/mol. The Bertz CT molecular complexity index is 396. The zero-order valence-corrected chi connectivity index (χ0v) is 11.6. The Morgan fingerprint density at radius 1 is 1.24 bits per heavy atom. The van der Waals surface area contributed by atoms with Gasteiger partial charge in [-0.3, -0.25) is 0 Å². The maximum absolute atomic E-state index is 5.87. The van der Waals surface area contributed by atoms with Crippen LogP contribution in [-0.4, -0.2) is 35.2 Å². The van der Waals surface area contributed by atoms with Crippen LogP contribution in [0.4, 0.5) is 0 Å². The molecule has 2 nitrogen and oxygen atoms in total. The summed E-state index contributed by atoms with van der Waals surface area (Å²) in [6, 6.07) is 7.68. The second kappa shape index (κ2) is 5.34. The van der Waals surface area contributed by atoms with Gasteiger partial charge in [0.2, 0.25) is 0 Å². The van der Waals surface area contributed by atoms with E-state index >= 15 is 0 Å². The van der Waals surface area contributed by atoms with E-state index in [1.807, 2.05) is 24.3 Å². The van der Waals surface area contributed by atoms with Gasteiger partial charge in [0.25, 0.3) is 0 Å². The summed E-state index contributed by atoms with van der Waals surface area (Å²) in [6.45, 7) is 5.86. The highest BCUT2D eigenvalue weighted by Gasteiger charge is 2.24. The van der Waals surface area contributed by atoms with Crippen LogP contribution in [0, 0.1) is 0 Å². The fourth-order valence-corrected chi connectivity index (χ4v) is 2.53. The minimum atomic E-state index is 0.226. The number of ether oxygens (including phenoxy) is 1. The van der Waals surface area contributed by atoms with Crippen molar-refractivity contribution >= 4 is 28.8 Å². The first-order valence-electron chi connectivity index (χ1n) is 5.76. The van der Waals surface area contributed by atoms with E-state index in [0.29, 0.717) is 0 Å². The van der Waals surface area contributed by atoms with Crippen molar-refractivity contribution in [3.05, 3.63) is 34.9 Å². The molecule has 1 fully saturated rings. The Morgan fingerprint density at radius 3 is 2.29 bits per heavy atom. The summed E-state index contributed by atoms with van der Waals surface area (Å²) in [7, 11) is 0. The summed E-state index contributed by atoms with van der Waals surface area (Å²) in [5, 5.41) is 0.736. The fourth-order valence-electron chi connectivity index (χ4n) is 2.12. The predicted octanol–water partition coefficient (Wildman–Crippen LogP) is 3.12. The van der Waals surface area contributed by atoms with Crippen LogP contribution in [0.25, 0.3) is 0 Å². The minimum Gasteiger partial charge on any atom is -0.372 e. The van der Waals surface area contributed by atoms with Crippen LogP contribution in [-0.2, 0) is 4.74 Å². The van der Waals surface area contributed by atoms with Crippen LogP contribution in [0.15, 0.2) is 24.3 Å². The van der Waals surface area contributed by atoms with Gasteiger partial charge in [0.1, 0.15) is 4.99 Å². The summed E-state index contributed by atoms with van der Waals surface area (Å²) in [5.74, 6) is 0. The zero-order chi connectivity index (χ0) is 12.4. The highest BCUT2D eigenvalue weighted by Crippen LogP contribution is 2.17. The van der Waals surface area contributed by atoms with Crippen molar-refractivity contribution in [3.63, 3.8) is 0 Å². The Kier molecular flexibility index (Phi) is 4.02. The number of hydrogen-bond donors (Lipinski definition) is 0. The molecule has 17 heavy (non-hydrogen) atoms. The molecule has 0 radical (unpaired) electrons. The van der Waals surface area contributed by atoms with Gasteiger partial charge in [-0.2, -0.15) is 0 Å². The molecule has 1 aliphatic heterocycles. The van der Waals surface area contributed by atoms with Crippen molar-refractivity contribution in [2.75, 3.05) is 13.1 Å². The van der Waals surface area contributed by atoms with E-state index in [-0.39, 0.29) is 12.2 Å². The predicted molar refractivity (Wildman–Crippen MR) is 74.7 cm³/mol. The molecule has 0 N–H and O–H groups in total. The van der Waals surface area contributed by atoms with E-state index in [1.54, 1.807) is 0 Å². The van der Waals surface area contributed by atoms with Crippen LogP contribution in [0.2, 0.25) is 5.02 Å². The Labute approximate surface area is 113 Å². The van der Waals surface area contributed by atoms with Crippen LogP contribution in [0.5, 0.6) is 0 Å². The monoisotopic (exact) mass is 269 g/mol. The molecule has 0 aliphatic carbocycles. The normalized spacial score (nSPS) is 24.8. The number of thiocarbonyl (C=S) groups is 1. The molecule has 0 saturated carbocycles. The maximum atomic E-state index is 5.87. The first kappa shape index (κ1) is 12.8. The van der Waals surface area contributed by atoms with E-state index in [1.165, 1.54) is 0 Å². The second-order valence-corrected chi connectivity index (χ2v) is 5.30. The van der Waals surface area contributed by atoms with Crippen LogP contribution >= 0.6 is 23.8 Å². The lowest BCUT2D eigenvalue weighted by molar-refractivity contribution is -0.0472. The quantitative estimate of drug-likeness (QED) is 0.727. The standard InChI is InChI=1S/C13H16ClNOS/c1-9-7-15(8-10(2)16-9)13(17)11-3-5-12(14)6-4-11/h3-6,9-10H,7-8H2,1-2H3/t9-,10-/m1/s1. The summed E-state index contributed by atoms with van der Waals surface area (Å²) in [4.78, 5) is 3.08. The van der Waals surface area contributed by atoms with E-state index in [9.17, 15) is 0 Å². The molecule has 92 valence electrons. The first-order chi connectivity index (χ1) is 8.06. The van der Waals surface area contributed by atoms with Gasteiger partial charge >= 0.3 is 0 Å². The molecular formula is C13H16ClNOS. The van der Waals surface area contributed by atoms with Crippen molar-refractivity contribution < 1.29 is 4.74 Å². The molecule has 4 heteroatoms. The van der Waals surface area contributed by atoms with Crippen LogP contribution in [0.1, 0.15) is 19.4 Å². The Balaban J connectivity index is 2.11. The molecule has 0 amide bonds. The molecule has 1 saturated heterocycles. The van der Waals surface area contributed by atoms with Gasteiger partial charge < -0.3 is 9.64 Å². The molecule has 0 spiro atoms. The number of rotatable bonds is 1. The molecule has 2 atom stereocenters. The van der Waals surface area contributed by atoms with E-state index < -0.39 is 0 Å². The highest BCUT2D eigenvalue weighted by atomic mass is 35.5. The van der Waals surface area contributed by atoms with Gasteiger partial charge in [-0.1, -0.05) is 36.0 Å². The molecule has 1 aliphatic rings. The number of halogens is 1. The lowest BCUT2D eigenvalue weighted by atomic mass is 10.1. The lowest BCUT2D eigenvalue weighted by Gasteiger charge is -2.37. The van der Waals surface area contributed by atoms with Gasteiger partial charge in [0.05, 0.1) is 12.2 Å². The van der Waals surface area contributed by atoms with Crippen molar-refractivity contribution in [3.8, 4) is 0 Å². The van der Waals surface area contributed by atoms with E-state index in [2.05, 4.69) is 18.7 Å². The number of hydrogen-bond acceptors (Lipinski definition) is 2. The Hall–Kier alpha value is -0.640. The molecule has 0 bridgehead atoms. The zero-order valence-electron chi connectivity index (χ0n) is 10.0. The van der Waals surface area contributed by atoms with Crippen molar-refractivity contribution in [2.45, 2.75) is 26.1 Å². The average Bonchev–Trinajstić information content (AvgIpc) is 2.28.